The molecule has 0 unspecified atom stereocenters. The summed E-state index contributed by atoms with van der Waals surface area (Å²) >= 11 is 0. The molecular formula is C81H72O6. The molecule has 10 aromatic rings. The quantitative estimate of drug-likeness (QED) is 0.0668. The molecule has 0 spiro atoms. The van der Waals surface area contributed by atoms with Crippen LogP contribution in [0.5, 0.6) is 0 Å². The van der Waals surface area contributed by atoms with Crippen molar-refractivity contribution in [3.63, 3.8) is 0 Å². The van der Waals surface area contributed by atoms with E-state index in [4.69, 9.17) is 28.4 Å². The summed E-state index contributed by atoms with van der Waals surface area (Å²) < 4.78 is 35.8. The van der Waals surface area contributed by atoms with Crippen LogP contribution in [0.1, 0.15) is 127 Å². The second kappa shape index (κ2) is 25.6. The van der Waals surface area contributed by atoms with E-state index in [9.17, 15) is 0 Å². The normalized spacial score (nSPS) is 14.1. The van der Waals surface area contributed by atoms with E-state index in [2.05, 4.69) is 237 Å². The van der Waals surface area contributed by atoms with Crippen molar-refractivity contribution in [2.45, 2.75) is 60.4 Å². The third-order valence-corrected chi connectivity index (χ3v) is 16.9. The van der Waals surface area contributed by atoms with Gasteiger partial charge in [0.05, 0.1) is 0 Å². The van der Waals surface area contributed by atoms with E-state index >= 15 is 0 Å². The van der Waals surface area contributed by atoms with Gasteiger partial charge in [-0.05, 0) is 230 Å². The summed E-state index contributed by atoms with van der Waals surface area (Å²) in [4.78, 5) is 0. The van der Waals surface area contributed by atoms with E-state index in [1.165, 1.54) is 83.5 Å². The van der Waals surface area contributed by atoms with Gasteiger partial charge in [0.25, 0.3) is 0 Å². The van der Waals surface area contributed by atoms with Crippen LogP contribution in [0.4, 0.5) is 0 Å². The van der Waals surface area contributed by atoms with Crippen LogP contribution in [-0.4, -0.2) is 39.6 Å². The fourth-order valence-corrected chi connectivity index (χ4v) is 12.8. The molecule has 0 atom stereocenters. The summed E-state index contributed by atoms with van der Waals surface area (Å²) in [6.07, 6.45) is 5.80. The maximum Gasteiger partial charge on any atom is 0.183 e. The van der Waals surface area contributed by atoms with Gasteiger partial charge in [0.1, 0.15) is 0 Å². The number of hydrogen-bond acceptors (Lipinski definition) is 6. The van der Waals surface area contributed by atoms with Crippen LogP contribution in [0, 0.1) is 0 Å². The van der Waals surface area contributed by atoms with Crippen molar-refractivity contribution in [3.05, 3.63) is 285 Å². The zero-order chi connectivity index (χ0) is 59.4. The van der Waals surface area contributed by atoms with Gasteiger partial charge >= 0.3 is 0 Å². The molecule has 6 heteroatoms. The first-order valence-electron chi connectivity index (χ1n) is 30.9. The molecule has 6 nitrogen and oxygen atoms in total. The summed E-state index contributed by atoms with van der Waals surface area (Å²) in [6, 6.07) is 80.5. The highest BCUT2D eigenvalue weighted by Crippen LogP contribution is 2.51. The Morgan fingerprint density at radius 2 is 0.460 bits per heavy atom. The average molecular weight is 1140 g/mol. The molecule has 0 saturated heterocycles. The van der Waals surface area contributed by atoms with E-state index in [1.54, 1.807) is 0 Å². The molecule has 0 N–H and O–H groups in total. The van der Waals surface area contributed by atoms with Gasteiger partial charge in [0.15, 0.2) is 18.9 Å². The highest BCUT2D eigenvalue weighted by molar-refractivity contribution is 6.10. The number of rotatable bonds is 21. The molecule has 0 heterocycles. The molecule has 3 aliphatic rings. The number of fused-ring (bicyclic) bond motifs is 9. The zero-order valence-corrected chi connectivity index (χ0v) is 50.4. The second-order valence-corrected chi connectivity index (χ2v) is 22.1. The first-order valence-corrected chi connectivity index (χ1v) is 30.9. The molecule has 3 aliphatic carbocycles. The lowest BCUT2D eigenvalue weighted by Gasteiger charge is -2.17. The Bertz CT molecular complexity index is 3780. The fourth-order valence-electron chi connectivity index (χ4n) is 12.8. The molecule has 0 amide bonds. The van der Waals surface area contributed by atoms with E-state index < -0.39 is 18.9 Å². The smallest absolute Gasteiger partial charge is 0.183 e. The van der Waals surface area contributed by atoms with Crippen LogP contribution in [0.2, 0.25) is 0 Å². The van der Waals surface area contributed by atoms with Crippen LogP contribution < -0.4 is 0 Å². The van der Waals surface area contributed by atoms with Gasteiger partial charge in [-0.3, -0.25) is 0 Å². The zero-order valence-electron chi connectivity index (χ0n) is 50.4. The Hall–Kier alpha value is -8.82. The van der Waals surface area contributed by atoms with Gasteiger partial charge in [-0.1, -0.05) is 182 Å². The summed E-state index contributed by atoms with van der Waals surface area (Å²) in [7, 11) is 0. The molecular weight excluding hydrogens is 1070 g/mol. The molecule has 0 saturated carbocycles. The second-order valence-electron chi connectivity index (χ2n) is 22.1. The Kier molecular flexibility index (Phi) is 16.9. The van der Waals surface area contributed by atoms with E-state index in [0.29, 0.717) is 39.6 Å². The summed E-state index contributed by atoms with van der Waals surface area (Å²) in [5.41, 5.74) is 31.5. The summed E-state index contributed by atoms with van der Waals surface area (Å²) in [5.74, 6) is 0. The third kappa shape index (κ3) is 11.5. The lowest BCUT2D eigenvalue weighted by atomic mass is 9.89. The van der Waals surface area contributed by atoms with Crippen molar-refractivity contribution < 1.29 is 28.4 Å². The molecule has 13 rings (SSSR count). The molecule has 10 aromatic carbocycles. The van der Waals surface area contributed by atoms with Crippen LogP contribution in [-0.2, 0) is 28.4 Å². The first-order chi connectivity index (χ1) is 42.8. The highest BCUT2D eigenvalue weighted by Gasteiger charge is 2.28. The van der Waals surface area contributed by atoms with Crippen molar-refractivity contribution in [1.82, 2.24) is 0 Å². The Morgan fingerprint density at radius 1 is 0.230 bits per heavy atom. The van der Waals surface area contributed by atoms with Crippen molar-refractivity contribution >= 4 is 34.9 Å². The summed E-state index contributed by atoms with van der Waals surface area (Å²) in [5, 5.41) is 0. The predicted molar refractivity (Wildman–Crippen MR) is 357 cm³/mol. The van der Waals surface area contributed by atoms with Crippen LogP contribution in [0.25, 0.3) is 102 Å². The topological polar surface area (TPSA) is 55.4 Å². The predicted octanol–water partition coefficient (Wildman–Crippen LogP) is 20.6. The first kappa shape index (κ1) is 57.3. The van der Waals surface area contributed by atoms with E-state index in [-0.39, 0.29) is 0 Å². The maximum absolute atomic E-state index is 5.97. The van der Waals surface area contributed by atoms with Crippen molar-refractivity contribution in [2.75, 3.05) is 39.6 Å². The standard InChI is InChI=1S/C81H72O6/c1-7-82-79(83-8-2)55-31-25-52(26-32-55)43-73-67-22-16-13-19-64(67)70-40-37-58(49-76(70)73)61-46-62(59-38-41-71-65-20-14-17-23-68(65)74(77(71)50-59)44-53-27-33-56(34-28-53)80(84-9-3)85-10-4)48-63(47-61)60-39-42-72-66-21-15-18-24-69(66)75(78(72)51-60)45-54-29-35-57(36-30-54)81(86-11-5)87-12-6/h13-51,79-81H,7-12H2,1-6H3/b73-43+,74-44+,75-45+. The minimum atomic E-state index is -0.399. The van der Waals surface area contributed by atoms with Gasteiger partial charge in [0.2, 0.25) is 0 Å². The van der Waals surface area contributed by atoms with E-state index in [0.717, 1.165) is 66.8 Å². The molecule has 0 fully saturated rings. The minimum Gasteiger partial charge on any atom is -0.349 e. The highest BCUT2D eigenvalue weighted by atomic mass is 16.7. The van der Waals surface area contributed by atoms with Gasteiger partial charge in [-0.25, -0.2) is 0 Å². The minimum absolute atomic E-state index is 0.399. The molecule has 432 valence electrons. The van der Waals surface area contributed by atoms with Crippen LogP contribution >= 0.6 is 0 Å². The molecule has 0 bridgehead atoms. The lowest BCUT2D eigenvalue weighted by Crippen LogP contribution is -2.08. The van der Waals surface area contributed by atoms with Crippen molar-refractivity contribution in [3.8, 4) is 66.8 Å². The van der Waals surface area contributed by atoms with Crippen molar-refractivity contribution in [1.29, 1.82) is 0 Å². The number of hydrogen-bond donors (Lipinski definition) is 0. The Balaban J connectivity index is 0.943. The summed E-state index contributed by atoms with van der Waals surface area (Å²) in [6.45, 7) is 15.4. The fraction of sp³-hybridized carbons (Fsp3) is 0.185. The van der Waals surface area contributed by atoms with Crippen LogP contribution in [0.15, 0.2) is 218 Å². The van der Waals surface area contributed by atoms with Crippen LogP contribution in [0.3, 0.4) is 0 Å². The molecule has 0 radical (unpaired) electrons. The lowest BCUT2D eigenvalue weighted by molar-refractivity contribution is -0.140. The van der Waals surface area contributed by atoms with Gasteiger partial charge in [0, 0.05) is 56.3 Å². The maximum atomic E-state index is 5.97. The van der Waals surface area contributed by atoms with Gasteiger partial charge in [-0.2, -0.15) is 0 Å². The third-order valence-electron chi connectivity index (χ3n) is 16.9. The van der Waals surface area contributed by atoms with Crippen molar-refractivity contribution in [2.24, 2.45) is 0 Å². The Labute approximate surface area is 512 Å². The largest absolute Gasteiger partial charge is 0.349 e. The molecule has 0 aliphatic heterocycles. The van der Waals surface area contributed by atoms with E-state index in [1.807, 2.05) is 41.5 Å². The number of ether oxygens (including phenoxy) is 6. The molecule has 0 aromatic heterocycles. The Morgan fingerprint density at radius 3 is 0.701 bits per heavy atom. The van der Waals surface area contributed by atoms with Gasteiger partial charge in [-0.15, -0.1) is 0 Å². The molecule has 87 heavy (non-hydrogen) atoms. The number of benzene rings is 10. The average Bonchev–Trinajstić information content (AvgIpc) is 2.98. The SMILES string of the molecule is CCOC(OCC)c1ccc(/C=C2\c3ccccc3-c3ccc(-c4cc(-c5ccc6c(c5)/C(=C/c5ccc(C(OCC)OCC)cc5)c5ccccc5-6)cc(-c5ccc6c(c5)/C(=C/c5ccc(C(OCC)OCC)cc5)c5ccccc5-6)c4)cc32)cc1. The van der Waals surface area contributed by atoms with Gasteiger partial charge < -0.3 is 28.4 Å². The monoisotopic (exact) mass is 1140 g/mol.